The highest BCUT2D eigenvalue weighted by Crippen LogP contribution is 2.32. The summed E-state index contributed by atoms with van der Waals surface area (Å²) in [5, 5.41) is 14.7. The maximum absolute atomic E-state index is 11.3. The van der Waals surface area contributed by atoms with E-state index in [0.717, 1.165) is 66.9 Å². The third kappa shape index (κ3) is 3.54. The first-order valence-electron chi connectivity index (χ1n) is 10.3. The van der Waals surface area contributed by atoms with Crippen LogP contribution in [-0.4, -0.2) is 69.3 Å². The van der Waals surface area contributed by atoms with Gasteiger partial charge in [-0.05, 0) is 37.8 Å². The van der Waals surface area contributed by atoms with Gasteiger partial charge in [-0.3, -0.25) is 4.90 Å². The first-order valence-corrected chi connectivity index (χ1v) is 10.3. The number of aromatic nitrogens is 3. The Balaban J connectivity index is 1.35. The number of H-pyrrole nitrogens is 1. The van der Waals surface area contributed by atoms with Crippen molar-refractivity contribution in [3.63, 3.8) is 0 Å². The molecule has 2 aromatic heterocycles. The Morgan fingerprint density at radius 2 is 1.97 bits per heavy atom. The van der Waals surface area contributed by atoms with Crippen LogP contribution in [0.25, 0.3) is 21.9 Å². The molecular weight excluding hydrogens is 370 g/mol. The number of ether oxygens (including phenoxy) is 1. The van der Waals surface area contributed by atoms with Gasteiger partial charge in [-0.1, -0.05) is 6.07 Å². The summed E-state index contributed by atoms with van der Waals surface area (Å²) in [6.07, 6.45) is 6.14. The predicted molar refractivity (Wildman–Crippen MR) is 110 cm³/mol. The number of fused-ring (bicyclic) bond motifs is 3. The number of nitrogens with one attached hydrogen (secondary N) is 2. The molecule has 0 atom stereocenters. The van der Waals surface area contributed by atoms with Gasteiger partial charge < -0.3 is 20.1 Å². The van der Waals surface area contributed by atoms with Crippen LogP contribution in [0.15, 0.2) is 24.5 Å². The molecule has 3 aromatic rings. The van der Waals surface area contributed by atoms with E-state index >= 15 is 0 Å². The fourth-order valence-electron chi connectivity index (χ4n) is 4.69. The standard InChI is InChI=1S/C21H25N5O3/c27-21(28)13-1-6-16-17(11-13)25-20-18(16)19(22-12-23-20)24-14-2-4-15(5-3-14)26-7-9-29-10-8-26/h1,6,11-12,14-15H,2-5,7-10H2,(H,27,28)(H2,22,23,24,25). The lowest BCUT2D eigenvalue weighted by Gasteiger charge is -2.39. The van der Waals surface area contributed by atoms with Crippen molar-refractivity contribution >= 4 is 33.7 Å². The SMILES string of the molecule is O=C(O)c1ccc2c(c1)[nH]c1ncnc(NC3CCC(N4CCOCC4)CC3)c12. The van der Waals surface area contributed by atoms with E-state index < -0.39 is 5.97 Å². The predicted octanol–water partition coefficient (Wildman–Crippen LogP) is 2.86. The number of anilines is 1. The summed E-state index contributed by atoms with van der Waals surface area (Å²) < 4.78 is 5.48. The zero-order valence-electron chi connectivity index (χ0n) is 16.2. The molecule has 2 aliphatic rings. The van der Waals surface area contributed by atoms with E-state index in [9.17, 15) is 9.90 Å². The Morgan fingerprint density at radius 1 is 1.17 bits per heavy atom. The molecule has 8 heteroatoms. The Labute approximate surface area is 168 Å². The largest absolute Gasteiger partial charge is 0.478 e. The van der Waals surface area contributed by atoms with Gasteiger partial charge in [0.25, 0.3) is 0 Å². The van der Waals surface area contributed by atoms with Crippen LogP contribution in [0.4, 0.5) is 5.82 Å². The molecule has 1 saturated heterocycles. The molecule has 152 valence electrons. The maximum atomic E-state index is 11.3. The minimum absolute atomic E-state index is 0.257. The van der Waals surface area contributed by atoms with Crippen molar-refractivity contribution in [2.24, 2.45) is 0 Å². The highest BCUT2D eigenvalue weighted by atomic mass is 16.5. The zero-order valence-corrected chi connectivity index (χ0v) is 16.2. The molecule has 2 fully saturated rings. The zero-order chi connectivity index (χ0) is 19.8. The minimum Gasteiger partial charge on any atom is -0.478 e. The van der Waals surface area contributed by atoms with Crippen molar-refractivity contribution < 1.29 is 14.6 Å². The summed E-state index contributed by atoms with van der Waals surface area (Å²) in [5.41, 5.74) is 1.74. The molecule has 3 N–H and O–H groups in total. The van der Waals surface area contributed by atoms with Crippen LogP contribution in [0.1, 0.15) is 36.0 Å². The maximum Gasteiger partial charge on any atom is 0.335 e. The van der Waals surface area contributed by atoms with Gasteiger partial charge >= 0.3 is 5.97 Å². The molecule has 1 aliphatic heterocycles. The molecule has 3 heterocycles. The summed E-state index contributed by atoms with van der Waals surface area (Å²) in [5.74, 6) is -0.119. The molecule has 0 bridgehead atoms. The van der Waals surface area contributed by atoms with E-state index in [0.29, 0.717) is 12.1 Å². The molecule has 8 nitrogen and oxygen atoms in total. The van der Waals surface area contributed by atoms with E-state index in [1.807, 2.05) is 6.07 Å². The van der Waals surface area contributed by atoms with E-state index in [-0.39, 0.29) is 5.56 Å². The third-order valence-electron chi connectivity index (χ3n) is 6.24. The molecule has 0 amide bonds. The van der Waals surface area contributed by atoms with Gasteiger partial charge in [-0.2, -0.15) is 0 Å². The topological polar surface area (TPSA) is 103 Å². The number of hydrogen-bond donors (Lipinski definition) is 3. The number of carbonyl (C=O) groups is 1. The van der Waals surface area contributed by atoms with Crippen LogP contribution in [0.2, 0.25) is 0 Å². The Bertz CT molecular complexity index is 1040. The van der Waals surface area contributed by atoms with E-state index in [1.54, 1.807) is 18.5 Å². The number of morpholine rings is 1. The van der Waals surface area contributed by atoms with Crippen LogP contribution in [0.5, 0.6) is 0 Å². The van der Waals surface area contributed by atoms with Gasteiger partial charge in [0.15, 0.2) is 0 Å². The molecule has 29 heavy (non-hydrogen) atoms. The van der Waals surface area contributed by atoms with Crippen molar-refractivity contribution in [2.75, 3.05) is 31.6 Å². The number of carboxylic acids is 1. The summed E-state index contributed by atoms with van der Waals surface area (Å²) in [4.78, 5) is 25.9. The first kappa shape index (κ1) is 18.3. The fraction of sp³-hybridized carbons (Fsp3) is 0.476. The van der Waals surface area contributed by atoms with Gasteiger partial charge in [0.05, 0.1) is 24.2 Å². The second-order valence-corrected chi connectivity index (χ2v) is 7.93. The van der Waals surface area contributed by atoms with E-state index in [4.69, 9.17) is 4.74 Å². The van der Waals surface area contributed by atoms with Crippen molar-refractivity contribution in [2.45, 2.75) is 37.8 Å². The Hall–Kier alpha value is -2.71. The van der Waals surface area contributed by atoms with Gasteiger partial charge in [0.2, 0.25) is 0 Å². The molecule has 0 radical (unpaired) electrons. The average molecular weight is 395 g/mol. The number of rotatable bonds is 4. The van der Waals surface area contributed by atoms with Gasteiger partial charge in [0, 0.05) is 36.1 Å². The number of aromatic carboxylic acids is 1. The van der Waals surface area contributed by atoms with Crippen molar-refractivity contribution in [1.29, 1.82) is 0 Å². The molecular formula is C21H25N5O3. The van der Waals surface area contributed by atoms with Crippen molar-refractivity contribution in [3.05, 3.63) is 30.1 Å². The fourth-order valence-corrected chi connectivity index (χ4v) is 4.69. The molecule has 0 unspecified atom stereocenters. The first-order chi connectivity index (χ1) is 14.2. The molecule has 1 aliphatic carbocycles. The Morgan fingerprint density at radius 3 is 2.72 bits per heavy atom. The van der Waals surface area contributed by atoms with Gasteiger partial charge in [0.1, 0.15) is 17.8 Å². The van der Waals surface area contributed by atoms with E-state index in [2.05, 4.69) is 25.2 Å². The molecule has 0 spiro atoms. The number of nitrogens with zero attached hydrogens (tertiary/aromatic N) is 3. The average Bonchev–Trinajstić information content (AvgIpc) is 3.13. The second kappa shape index (κ2) is 7.61. The summed E-state index contributed by atoms with van der Waals surface area (Å²) in [6.45, 7) is 3.79. The monoisotopic (exact) mass is 395 g/mol. The van der Waals surface area contributed by atoms with Gasteiger partial charge in [-0.15, -0.1) is 0 Å². The summed E-state index contributed by atoms with van der Waals surface area (Å²) >= 11 is 0. The lowest BCUT2D eigenvalue weighted by Crippen LogP contribution is -2.46. The van der Waals surface area contributed by atoms with Crippen LogP contribution in [-0.2, 0) is 4.74 Å². The number of benzene rings is 1. The number of carboxylic acid groups (broad SMARTS) is 1. The van der Waals surface area contributed by atoms with Crippen LogP contribution >= 0.6 is 0 Å². The van der Waals surface area contributed by atoms with Crippen LogP contribution < -0.4 is 5.32 Å². The highest BCUT2D eigenvalue weighted by molar-refractivity contribution is 6.12. The van der Waals surface area contributed by atoms with Crippen LogP contribution in [0, 0.1) is 0 Å². The van der Waals surface area contributed by atoms with Crippen molar-refractivity contribution in [3.8, 4) is 0 Å². The minimum atomic E-state index is -0.938. The lowest BCUT2D eigenvalue weighted by atomic mass is 9.90. The smallest absolute Gasteiger partial charge is 0.335 e. The highest BCUT2D eigenvalue weighted by Gasteiger charge is 2.27. The lowest BCUT2D eigenvalue weighted by molar-refractivity contribution is 0.00791. The normalized spacial score (nSPS) is 23.4. The quantitative estimate of drug-likeness (QED) is 0.624. The molecule has 1 saturated carbocycles. The third-order valence-corrected chi connectivity index (χ3v) is 6.24. The second-order valence-electron chi connectivity index (χ2n) is 7.93. The Kier molecular flexibility index (Phi) is 4.81. The summed E-state index contributed by atoms with van der Waals surface area (Å²) in [7, 11) is 0. The molecule has 1 aromatic carbocycles. The van der Waals surface area contributed by atoms with Crippen LogP contribution in [0.3, 0.4) is 0 Å². The molecule has 5 rings (SSSR count). The number of hydrogen-bond acceptors (Lipinski definition) is 6. The summed E-state index contributed by atoms with van der Waals surface area (Å²) in [6, 6.07) is 6.15. The van der Waals surface area contributed by atoms with Gasteiger partial charge in [-0.25, -0.2) is 14.8 Å². The van der Waals surface area contributed by atoms with Crippen molar-refractivity contribution in [1.82, 2.24) is 19.9 Å². The van der Waals surface area contributed by atoms with E-state index in [1.165, 1.54) is 12.8 Å². The number of aromatic amines is 1.